The lowest BCUT2D eigenvalue weighted by Crippen LogP contribution is -2.36. The summed E-state index contributed by atoms with van der Waals surface area (Å²) in [6.07, 6.45) is 4.77. The highest BCUT2D eigenvalue weighted by Crippen LogP contribution is 2.38. The summed E-state index contributed by atoms with van der Waals surface area (Å²) in [4.78, 5) is 0. The Morgan fingerprint density at radius 3 is 2.21 bits per heavy atom. The zero-order chi connectivity index (χ0) is 14.5. The normalized spacial score (nSPS) is 26.7. The largest absolute Gasteiger partial charge is 0.389 e. The number of aliphatic hydroxyl groups excluding tert-OH is 1. The molecule has 0 bridgehead atoms. The summed E-state index contributed by atoms with van der Waals surface area (Å²) in [5.74, 6) is 0.819. The first-order valence-electron chi connectivity index (χ1n) is 7.82. The molecule has 0 aliphatic heterocycles. The van der Waals surface area contributed by atoms with Crippen LogP contribution >= 0.6 is 0 Å². The van der Waals surface area contributed by atoms with Gasteiger partial charge in [-0.25, -0.2) is 0 Å². The first-order chi connectivity index (χ1) is 8.79. The van der Waals surface area contributed by atoms with E-state index < -0.39 is 0 Å². The van der Waals surface area contributed by atoms with Gasteiger partial charge in [0.15, 0.2) is 0 Å². The van der Waals surface area contributed by atoms with E-state index in [1.807, 2.05) is 0 Å². The van der Waals surface area contributed by atoms with E-state index in [-0.39, 0.29) is 6.10 Å². The third-order valence-corrected chi connectivity index (χ3v) is 4.18. The van der Waals surface area contributed by atoms with Crippen LogP contribution in [-0.4, -0.2) is 36.5 Å². The van der Waals surface area contributed by atoms with Crippen LogP contribution in [0.25, 0.3) is 0 Å². The van der Waals surface area contributed by atoms with E-state index in [0.717, 1.165) is 18.8 Å². The van der Waals surface area contributed by atoms with E-state index >= 15 is 0 Å². The quantitative estimate of drug-likeness (QED) is 0.780. The maximum atomic E-state index is 9.82. The summed E-state index contributed by atoms with van der Waals surface area (Å²) < 4.78 is 5.85. The van der Waals surface area contributed by atoms with Gasteiger partial charge in [0, 0.05) is 12.6 Å². The van der Waals surface area contributed by atoms with Crippen LogP contribution in [0.5, 0.6) is 0 Å². The van der Waals surface area contributed by atoms with Crippen molar-refractivity contribution in [1.29, 1.82) is 0 Å². The number of aliphatic hydroxyl groups is 1. The summed E-state index contributed by atoms with van der Waals surface area (Å²) >= 11 is 0. The second-order valence-electron chi connectivity index (χ2n) is 7.39. The van der Waals surface area contributed by atoms with Gasteiger partial charge in [0.2, 0.25) is 0 Å². The minimum Gasteiger partial charge on any atom is -0.389 e. The van der Waals surface area contributed by atoms with Crippen LogP contribution in [0.2, 0.25) is 0 Å². The predicted molar refractivity (Wildman–Crippen MR) is 80.3 cm³/mol. The van der Waals surface area contributed by atoms with Gasteiger partial charge in [-0.15, -0.1) is 0 Å². The number of rotatable bonds is 6. The van der Waals surface area contributed by atoms with Gasteiger partial charge in [0.25, 0.3) is 0 Å². The second-order valence-corrected chi connectivity index (χ2v) is 7.39. The molecule has 19 heavy (non-hydrogen) atoms. The van der Waals surface area contributed by atoms with Gasteiger partial charge < -0.3 is 15.2 Å². The molecule has 0 spiro atoms. The van der Waals surface area contributed by atoms with Gasteiger partial charge in [-0.3, -0.25) is 0 Å². The van der Waals surface area contributed by atoms with Crippen LogP contribution in [0.3, 0.4) is 0 Å². The molecule has 1 fully saturated rings. The Morgan fingerprint density at radius 2 is 1.74 bits per heavy atom. The molecule has 0 heterocycles. The van der Waals surface area contributed by atoms with Gasteiger partial charge in [-0.1, -0.05) is 34.6 Å². The summed E-state index contributed by atoms with van der Waals surface area (Å²) in [6, 6.07) is 0.414. The monoisotopic (exact) mass is 271 g/mol. The Bertz CT molecular complexity index is 240. The van der Waals surface area contributed by atoms with Crippen molar-refractivity contribution in [3.63, 3.8) is 0 Å². The first-order valence-corrected chi connectivity index (χ1v) is 7.82. The maximum Gasteiger partial charge on any atom is 0.0897 e. The maximum absolute atomic E-state index is 9.82. The van der Waals surface area contributed by atoms with E-state index in [2.05, 4.69) is 39.9 Å². The predicted octanol–water partition coefficient (Wildman–Crippen LogP) is 2.97. The van der Waals surface area contributed by atoms with E-state index in [1.54, 1.807) is 0 Å². The molecule has 1 rings (SSSR count). The fourth-order valence-electron chi connectivity index (χ4n) is 2.77. The highest BCUT2D eigenvalue weighted by Gasteiger charge is 2.30. The second kappa shape index (κ2) is 7.61. The van der Waals surface area contributed by atoms with Crippen molar-refractivity contribution in [1.82, 2.24) is 5.32 Å². The van der Waals surface area contributed by atoms with Crippen LogP contribution in [-0.2, 0) is 4.74 Å². The van der Waals surface area contributed by atoms with Gasteiger partial charge in [-0.05, 0) is 37.0 Å². The number of nitrogens with one attached hydrogen (secondary N) is 1. The van der Waals surface area contributed by atoms with Gasteiger partial charge in [0.05, 0.1) is 18.8 Å². The lowest BCUT2D eigenvalue weighted by atomic mass is 9.72. The Morgan fingerprint density at radius 1 is 1.16 bits per heavy atom. The van der Waals surface area contributed by atoms with Gasteiger partial charge in [0.1, 0.15) is 0 Å². The van der Waals surface area contributed by atoms with Gasteiger partial charge >= 0.3 is 0 Å². The lowest BCUT2D eigenvalue weighted by Gasteiger charge is -2.37. The Kier molecular flexibility index (Phi) is 6.78. The van der Waals surface area contributed by atoms with Crippen molar-refractivity contribution < 1.29 is 9.84 Å². The topological polar surface area (TPSA) is 41.5 Å². The fourth-order valence-corrected chi connectivity index (χ4v) is 2.77. The van der Waals surface area contributed by atoms with E-state index in [1.165, 1.54) is 12.8 Å². The van der Waals surface area contributed by atoms with Crippen LogP contribution in [0.15, 0.2) is 0 Å². The van der Waals surface area contributed by atoms with Gasteiger partial charge in [-0.2, -0.15) is 0 Å². The molecule has 0 unspecified atom stereocenters. The molecule has 0 amide bonds. The smallest absolute Gasteiger partial charge is 0.0897 e. The van der Waals surface area contributed by atoms with Crippen molar-refractivity contribution in [2.75, 3.05) is 13.2 Å². The molecule has 0 radical (unpaired) electrons. The van der Waals surface area contributed by atoms with Crippen molar-refractivity contribution in [2.24, 2.45) is 11.3 Å². The number of ether oxygens (including phenoxy) is 1. The molecule has 1 saturated carbocycles. The minimum atomic E-state index is -0.386. The van der Waals surface area contributed by atoms with Crippen molar-refractivity contribution in [3.8, 4) is 0 Å². The molecule has 114 valence electrons. The lowest BCUT2D eigenvalue weighted by molar-refractivity contribution is -0.0364. The fraction of sp³-hybridized carbons (Fsp3) is 1.00. The molecule has 0 saturated heterocycles. The molecular formula is C16H33NO2. The summed E-state index contributed by atoms with van der Waals surface area (Å²) in [5, 5.41) is 13.1. The van der Waals surface area contributed by atoms with Crippen LogP contribution in [0.4, 0.5) is 0 Å². The average molecular weight is 271 g/mol. The molecule has 1 aliphatic carbocycles. The molecule has 2 N–H and O–H groups in total. The highest BCUT2D eigenvalue weighted by atomic mass is 16.5. The van der Waals surface area contributed by atoms with Crippen LogP contribution in [0, 0.1) is 11.3 Å². The molecule has 1 atom stereocenters. The zero-order valence-corrected chi connectivity index (χ0v) is 13.4. The molecule has 0 aromatic heterocycles. The Balaban J connectivity index is 2.16. The molecular weight excluding hydrogens is 238 g/mol. The van der Waals surface area contributed by atoms with E-state index in [4.69, 9.17) is 4.74 Å². The minimum absolute atomic E-state index is 0.354. The van der Waals surface area contributed by atoms with Crippen molar-refractivity contribution in [3.05, 3.63) is 0 Å². The third kappa shape index (κ3) is 6.73. The van der Waals surface area contributed by atoms with Crippen LogP contribution < -0.4 is 5.32 Å². The van der Waals surface area contributed by atoms with Crippen molar-refractivity contribution in [2.45, 2.75) is 78.6 Å². The number of hydrogen-bond acceptors (Lipinski definition) is 3. The summed E-state index contributed by atoms with van der Waals surface area (Å²) in [5.41, 5.74) is 0.422. The summed E-state index contributed by atoms with van der Waals surface area (Å²) in [7, 11) is 0. The first kappa shape index (κ1) is 16.9. The SMILES string of the molecule is CC(C)NC[C@H](O)COC1CCC(C(C)(C)C)CC1. The Hall–Kier alpha value is -0.120. The van der Waals surface area contributed by atoms with Crippen molar-refractivity contribution >= 4 is 0 Å². The van der Waals surface area contributed by atoms with Crippen LogP contribution in [0.1, 0.15) is 60.3 Å². The number of hydrogen-bond donors (Lipinski definition) is 2. The van der Waals surface area contributed by atoms with E-state index in [0.29, 0.717) is 30.7 Å². The molecule has 0 aromatic carbocycles. The third-order valence-electron chi connectivity index (χ3n) is 4.18. The summed E-state index contributed by atoms with van der Waals surface area (Å²) in [6.45, 7) is 12.3. The molecule has 1 aliphatic rings. The van der Waals surface area contributed by atoms with E-state index in [9.17, 15) is 5.11 Å². The molecule has 3 nitrogen and oxygen atoms in total. The molecule has 3 heteroatoms. The zero-order valence-electron chi connectivity index (χ0n) is 13.4. The Labute approximate surface area is 119 Å². The molecule has 0 aromatic rings. The standard InChI is InChI=1S/C16H33NO2/c1-12(2)17-10-14(18)11-19-15-8-6-13(7-9-15)16(3,4)5/h12-15,17-18H,6-11H2,1-5H3/t13?,14-,15?/m0/s1. The highest BCUT2D eigenvalue weighted by molar-refractivity contribution is 4.81. The average Bonchev–Trinajstić information content (AvgIpc) is 2.33.